The van der Waals surface area contributed by atoms with Gasteiger partial charge < -0.3 is 15.0 Å². The second-order valence-corrected chi connectivity index (χ2v) is 9.92. The van der Waals surface area contributed by atoms with Crippen molar-refractivity contribution in [1.29, 1.82) is 0 Å². The van der Waals surface area contributed by atoms with E-state index in [1.54, 1.807) is 7.05 Å². The number of benzene rings is 1. The lowest BCUT2D eigenvalue weighted by molar-refractivity contribution is -0.157. The van der Waals surface area contributed by atoms with Gasteiger partial charge in [0, 0.05) is 12.7 Å². The average molecular weight is 413 g/mol. The molecule has 1 aromatic carbocycles. The molecular formula is C24H32N2O4. The van der Waals surface area contributed by atoms with Crippen molar-refractivity contribution in [2.75, 3.05) is 25.5 Å². The van der Waals surface area contributed by atoms with Crippen molar-refractivity contribution in [2.45, 2.75) is 51.9 Å². The number of ether oxygens (including phenoxy) is 1. The smallest absolute Gasteiger partial charge is 0.306 e. The molecule has 1 aromatic rings. The summed E-state index contributed by atoms with van der Waals surface area (Å²) in [6.45, 7) is 1.58. The van der Waals surface area contributed by atoms with E-state index in [9.17, 15) is 14.4 Å². The van der Waals surface area contributed by atoms with Crippen LogP contribution in [0.3, 0.4) is 0 Å². The molecule has 0 saturated heterocycles. The molecule has 0 heterocycles. The Kier molecular flexibility index (Phi) is 5.85. The highest BCUT2D eigenvalue weighted by Crippen LogP contribution is 2.61. The summed E-state index contributed by atoms with van der Waals surface area (Å²) in [5.41, 5.74) is 1.90. The van der Waals surface area contributed by atoms with E-state index in [0.717, 1.165) is 42.6 Å². The molecule has 162 valence electrons. The van der Waals surface area contributed by atoms with E-state index in [4.69, 9.17) is 4.74 Å². The first-order valence-corrected chi connectivity index (χ1v) is 11.1. The van der Waals surface area contributed by atoms with Crippen LogP contribution in [0.15, 0.2) is 24.3 Å². The van der Waals surface area contributed by atoms with Gasteiger partial charge >= 0.3 is 5.97 Å². The van der Waals surface area contributed by atoms with Gasteiger partial charge in [-0.15, -0.1) is 0 Å². The summed E-state index contributed by atoms with van der Waals surface area (Å²) in [5, 5.41) is 2.76. The summed E-state index contributed by atoms with van der Waals surface area (Å²) in [6.07, 6.45) is 7.86. The number of anilines is 1. The van der Waals surface area contributed by atoms with E-state index >= 15 is 0 Å². The third-order valence-corrected chi connectivity index (χ3v) is 7.18. The van der Waals surface area contributed by atoms with Crippen LogP contribution in [0.2, 0.25) is 0 Å². The normalized spacial score (nSPS) is 28.8. The number of likely N-dealkylation sites (N-methyl/N-ethyl adjacent to an activating group) is 1. The molecule has 4 bridgehead atoms. The van der Waals surface area contributed by atoms with Crippen LogP contribution in [0.5, 0.6) is 0 Å². The molecule has 4 aliphatic carbocycles. The topological polar surface area (TPSA) is 75.7 Å². The largest absolute Gasteiger partial charge is 0.456 e. The van der Waals surface area contributed by atoms with Gasteiger partial charge in [-0.3, -0.25) is 14.4 Å². The van der Waals surface area contributed by atoms with E-state index in [1.165, 1.54) is 24.2 Å². The summed E-state index contributed by atoms with van der Waals surface area (Å²) in [6, 6.07) is 7.46. The Morgan fingerprint density at radius 3 is 2.17 bits per heavy atom. The second-order valence-electron chi connectivity index (χ2n) is 9.92. The van der Waals surface area contributed by atoms with E-state index in [-0.39, 0.29) is 36.4 Å². The Morgan fingerprint density at radius 2 is 1.60 bits per heavy atom. The summed E-state index contributed by atoms with van der Waals surface area (Å²) < 4.78 is 5.32. The molecule has 0 atom stereocenters. The first kappa shape index (κ1) is 20.9. The molecule has 2 amide bonds. The third-order valence-electron chi connectivity index (χ3n) is 7.18. The highest BCUT2D eigenvalue weighted by atomic mass is 16.5. The lowest BCUT2D eigenvalue weighted by atomic mass is 9.49. The van der Waals surface area contributed by atoms with Gasteiger partial charge in [-0.1, -0.05) is 17.7 Å². The first-order valence-electron chi connectivity index (χ1n) is 11.1. The van der Waals surface area contributed by atoms with Crippen LogP contribution in [0.4, 0.5) is 5.69 Å². The van der Waals surface area contributed by atoms with Crippen molar-refractivity contribution in [1.82, 2.24) is 4.90 Å². The first-order chi connectivity index (χ1) is 14.3. The van der Waals surface area contributed by atoms with E-state index in [0.29, 0.717) is 12.1 Å². The van der Waals surface area contributed by atoms with Gasteiger partial charge in [-0.05, 0) is 80.8 Å². The maximum Gasteiger partial charge on any atom is 0.306 e. The Labute approximate surface area is 178 Å². The van der Waals surface area contributed by atoms with Gasteiger partial charge in [-0.25, -0.2) is 0 Å². The molecule has 4 aliphatic rings. The number of esters is 1. The zero-order valence-electron chi connectivity index (χ0n) is 18.0. The third kappa shape index (κ3) is 4.85. The fraction of sp³-hybridized carbons (Fsp3) is 0.625. The number of hydrogen-bond acceptors (Lipinski definition) is 4. The van der Waals surface area contributed by atoms with Gasteiger partial charge in [0.15, 0.2) is 6.61 Å². The van der Waals surface area contributed by atoms with E-state index in [1.807, 2.05) is 31.2 Å². The molecule has 5 rings (SSSR count). The molecular weight excluding hydrogens is 380 g/mol. The molecule has 4 fully saturated rings. The maximum atomic E-state index is 12.5. The minimum atomic E-state index is -0.368. The molecule has 0 aromatic heterocycles. The Hall–Kier alpha value is -2.37. The Bertz CT molecular complexity index is 782. The Balaban J connectivity index is 1.20. The van der Waals surface area contributed by atoms with Crippen LogP contribution in [-0.2, 0) is 19.1 Å². The number of hydrogen-bond donors (Lipinski definition) is 1. The maximum absolute atomic E-state index is 12.5. The highest BCUT2D eigenvalue weighted by molar-refractivity contribution is 5.94. The van der Waals surface area contributed by atoms with Crippen molar-refractivity contribution < 1.29 is 19.1 Å². The number of nitrogens with one attached hydrogen (secondary N) is 1. The summed E-state index contributed by atoms with van der Waals surface area (Å²) in [7, 11) is 1.55. The zero-order chi connectivity index (χ0) is 21.3. The van der Waals surface area contributed by atoms with Crippen molar-refractivity contribution in [3.05, 3.63) is 29.8 Å². The molecule has 6 heteroatoms. The van der Waals surface area contributed by atoms with Crippen LogP contribution >= 0.6 is 0 Å². The molecule has 0 unspecified atom stereocenters. The predicted octanol–water partition coefficient (Wildman–Crippen LogP) is 3.54. The molecule has 0 aliphatic heterocycles. The summed E-state index contributed by atoms with van der Waals surface area (Å²) in [4.78, 5) is 38.2. The lowest BCUT2D eigenvalue weighted by Gasteiger charge is -2.56. The number of carbonyl (C=O) groups is 3. The van der Waals surface area contributed by atoms with Crippen LogP contribution < -0.4 is 5.32 Å². The SMILES string of the molecule is Cc1ccc(NC(=O)CN(C)C(=O)COC(=O)CC23CC4CC(CC(C4)C2)C3)cc1. The molecule has 0 spiro atoms. The van der Waals surface area contributed by atoms with Gasteiger partial charge in [0.25, 0.3) is 5.91 Å². The van der Waals surface area contributed by atoms with Gasteiger partial charge in [0.1, 0.15) is 0 Å². The predicted molar refractivity (Wildman–Crippen MR) is 114 cm³/mol. The lowest BCUT2D eigenvalue weighted by Crippen LogP contribution is -2.47. The number of aryl methyl sites for hydroxylation is 1. The van der Waals surface area contributed by atoms with Crippen molar-refractivity contribution in [3.63, 3.8) is 0 Å². The molecule has 4 saturated carbocycles. The fourth-order valence-corrected chi connectivity index (χ4v) is 6.26. The van der Waals surface area contributed by atoms with Gasteiger partial charge in [0.05, 0.1) is 13.0 Å². The summed E-state index contributed by atoms with van der Waals surface area (Å²) >= 11 is 0. The monoisotopic (exact) mass is 412 g/mol. The standard InChI is InChI=1S/C24H32N2O4/c1-16-3-5-20(6-4-16)25-21(27)14-26(2)22(28)15-30-23(29)13-24-10-17-7-18(11-24)9-19(8-17)12-24/h3-6,17-19H,7-15H2,1-2H3,(H,25,27). The van der Waals surface area contributed by atoms with Crippen LogP contribution in [0.25, 0.3) is 0 Å². The van der Waals surface area contributed by atoms with Crippen molar-refractivity contribution >= 4 is 23.5 Å². The van der Waals surface area contributed by atoms with E-state index < -0.39 is 0 Å². The van der Waals surface area contributed by atoms with Crippen LogP contribution in [0.1, 0.15) is 50.5 Å². The molecule has 6 nitrogen and oxygen atoms in total. The molecule has 30 heavy (non-hydrogen) atoms. The van der Waals surface area contributed by atoms with Crippen LogP contribution in [0, 0.1) is 30.1 Å². The van der Waals surface area contributed by atoms with Crippen molar-refractivity contribution in [3.8, 4) is 0 Å². The molecule has 0 radical (unpaired) electrons. The fourth-order valence-electron chi connectivity index (χ4n) is 6.26. The number of nitrogens with zero attached hydrogens (tertiary/aromatic N) is 1. The van der Waals surface area contributed by atoms with Gasteiger partial charge in [-0.2, -0.15) is 0 Å². The minimum absolute atomic E-state index is 0.0841. The minimum Gasteiger partial charge on any atom is -0.456 e. The van der Waals surface area contributed by atoms with E-state index in [2.05, 4.69) is 5.32 Å². The average Bonchev–Trinajstić information content (AvgIpc) is 2.66. The van der Waals surface area contributed by atoms with Crippen LogP contribution in [-0.4, -0.2) is 42.9 Å². The Morgan fingerprint density at radius 1 is 1.03 bits per heavy atom. The highest BCUT2D eigenvalue weighted by Gasteiger charge is 2.51. The second kappa shape index (κ2) is 8.40. The quantitative estimate of drug-likeness (QED) is 0.695. The number of rotatable bonds is 7. The molecule has 1 N–H and O–H groups in total. The van der Waals surface area contributed by atoms with Crippen molar-refractivity contribution in [2.24, 2.45) is 23.2 Å². The number of carbonyl (C=O) groups excluding carboxylic acids is 3. The zero-order valence-corrected chi connectivity index (χ0v) is 18.0. The summed E-state index contributed by atoms with van der Waals surface area (Å²) in [5.74, 6) is 1.42. The number of amides is 2. The van der Waals surface area contributed by atoms with Gasteiger partial charge in [0.2, 0.25) is 5.91 Å².